The van der Waals surface area contributed by atoms with Crippen molar-refractivity contribution in [3.05, 3.63) is 61.7 Å². The van der Waals surface area contributed by atoms with E-state index in [2.05, 4.69) is 10.5 Å². The molecule has 0 bridgehead atoms. The lowest BCUT2D eigenvalue weighted by Crippen LogP contribution is -2.25. The molecule has 0 amide bonds. The number of aldehydes is 1. The maximum Gasteiger partial charge on any atom is 0.506 e. The molecule has 11 heteroatoms. The van der Waals surface area contributed by atoms with Crippen molar-refractivity contribution in [2.45, 2.75) is 80.1 Å². The molecule has 3 N–H and O–H groups in total. The first kappa shape index (κ1) is 35.5. The number of pyridine rings is 2. The highest BCUT2D eigenvalue weighted by Gasteiger charge is 2.30. The van der Waals surface area contributed by atoms with Crippen molar-refractivity contribution in [3.8, 4) is 11.4 Å². The average molecular weight is 602 g/mol. The van der Waals surface area contributed by atoms with Crippen molar-refractivity contribution in [1.82, 2.24) is 9.55 Å². The van der Waals surface area contributed by atoms with Crippen molar-refractivity contribution in [2.75, 3.05) is 26.9 Å². The number of halogens is 1. The minimum absolute atomic E-state index is 0.168. The number of fused-ring (bicyclic) bond motifs is 4. The van der Waals surface area contributed by atoms with Crippen molar-refractivity contribution >= 4 is 23.3 Å². The van der Waals surface area contributed by atoms with E-state index in [9.17, 15) is 18.8 Å². The Hall–Kier alpha value is -3.67. The number of ether oxygens (including phenoxy) is 3. The molecule has 5 rings (SSSR count). The number of aryl methyl sites for hydroxylation is 3. The van der Waals surface area contributed by atoms with Crippen LogP contribution < -0.4 is 11.3 Å². The molecule has 0 spiro atoms. The van der Waals surface area contributed by atoms with Gasteiger partial charge in [-0.05, 0) is 82.3 Å². The van der Waals surface area contributed by atoms with Crippen LogP contribution in [0.5, 0.6) is 0 Å². The van der Waals surface area contributed by atoms with E-state index in [1.165, 1.54) is 13.1 Å². The van der Waals surface area contributed by atoms with E-state index in [0.717, 1.165) is 53.3 Å². The Morgan fingerprint density at radius 2 is 1.81 bits per heavy atom. The summed E-state index contributed by atoms with van der Waals surface area (Å²) in [7, 11) is 1.50. The summed E-state index contributed by atoms with van der Waals surface area (Å²) in [5, 5.41) is 9.80. The lowest BCUT2D eigenvalue weighted by molar-refractivity contribution is -0.112. The van der Waals surface area contributed by atoms with E-state index in [0.29, 0.717) is 47.7 Å². The largest absolute Gasteiger partial charge is 0.506 e. The summed E-state index contributed by atoms with van der Waals surface area (Å²) < 4.78 is 30.7. The molecule has 0 saturated carbocycles. The molecule has 1 aliphatic heterocycles. The second kappa shape index (κ2) is 16.8. The van der Waals surface area contributed by atoms with E-state index in [-0.39, 0.29) is 30.7 Å². The van der Waals surface area contributed by atoms with Gasteiger partial charge in [0.1, 0.15) is 25.3 Å². The van der Waals surface area contributed by atoms with Crippen LogP contribution in [-0.2, 0) is 45.0 Å². The number of benzene rings is 1. The van der Waals surface area contributed by atoms with Gasteiger partial charge in [0.25, 0.3) is 5.56 Å². The zero-order valence-corrected chi connectivity index (χ0v) is 26.2. The van der Waals surface area contributed by atoms with Gasteiger partial charge in [0.05, 0.1) is 48.3 Å². The molecule has 0 radical (unpaired) electrons. The molecule has 10 nitrogen and oxygen atoms in total. The van der Waals surface area contributed by atoms with Crippen LogP contribution in [-0.4, -0.2) is 60.1 Å². The summed E-state index contributed by atoms with van der Waals surface area (Å²) in [4.78, 5) is 38.3. The normalized spacial score (nSPS) is 12.1. The highest BCUT2D eigenvalue weighted by atomic mass is 19.1. The lowest BCUT2D eigenvalue weighted by atomic mass is 9.85. The zero-order valence-electron chi connectivity index (χ0n) is 26.2. The van der Waals surface area contributed by atoms with Gasteiger partial charge in [-0.25, -0.2) is 14.2 Å². The SMILES string of the molecule is CC.CC(C)OCCOCC=O.CN.Cc1cc2n(c(=O)c1COC(=O)O)Cc1c-2nc2cc(F)c(C)c3c2c1CCC3. The van der Waals surface area contributed by atoms with Crippen LogP contribution in [0.4, 0.5) is 9.18 Å². The minimum atomic E-state index is -1.42. The fourth-order valence-corrected chi connectivity index (χ4v) is 5.21. The van der Waals surface area contributed by atoms with Crippen molar-refractivity contribution in [1.29, 1.82) is 0 Å². The fourth-order valence-electron chi connectivity index (χ4n) is 5.21. The Kier molecular flexibility index (Phi) is 13.9. The predicted octanol–water partition coefficient (Wildman–Crippen LogP) is 5.09. The number of hydrogen-bond donors (Lipinski definition) is 2. The Morgan fingerprint density at radius 3 is 2.44 bits per heavy atom. The van der Waals surface area contributed by atoms with Crippen LogP contribution in [0.1, 0.15) is 67.5 Å². The predicted molar refractivity (Wildman–Crippen MR) is 164 cm³/mol. The van der Waals surface area contributed by atoms with Crippen molar-refractivity contribution < 1.29 is 33.3 Å². The summed E-state index contributed by atoms with van der Waals surface area (Å²) in [5.74, 6) is -0.250. The molecule has 1 aliphatic carbocycles. The van der Waals surface area contributed by atoms with Gasteiger partial charge in [-0.15, -0.1) is 0 Å². The molecule has 2 aliphatic rings. The third-order valence-corrected chi connectivity index (χ3v) is 7.06. The molecule has 3 aromatic rings. The van der Waals surface area contributed by atoms with Crippen LogP contribution >= 0.6 is 0 Å². The summed E-state index contributed by atoms with van der Waals surface area (Å²) in [6.07, 6.45) is 2.19. The second-order valence-electron chi connectivity index (χ2n) is 9.93. The van der Waals surface area contributed by atoms with E-state index < -0.39 is 6.16 Å². The van der Waals surface area contributed by atoms with Gasteiger partial charge in [-0.3, -0.25) is 4.79 Å². The van der Waals surface area contributed by atoms with E-state index >= 15 is 0 Å². The Balaban J connectivity index is 0.000000393. The molecular weight excluding hydrogens is 557 g/mol. The number of carboxylic acid groups (broad SMARTS) is 1. The Labute approximate surface area is 252 Å². The van der Waals surface area contributed by atoms with Gasteiger partial charge in [0.2, 0.25) is 0 Å². The number of hydrogen-bond acceptors (Lipinski definition) is 8. The second-order valence-corrected chi connectivity index (χ2v) is 9.93. The van der Waals surface area contributed by atoms with Crippen LogP contribution in [0.25, 0.3) is 22.3 Å². The van der Waals surface area contributed by atoms with E-state index in [1.807, 2.05) is 40.7 Å². The van der Waals surface area contributed by atoms with Gasteiger partial charge < -0.3 is 34.4 Å². The standard InChI is InChI=1S/C22H19FN2O4.C7H14O3.C2H6.CH5N/c1-10-6-18-20-14(8-25(18)21(26)15(10)9-29-22(27)28)13-5-3-4-12-11(2)16(23)7-17(24-20)19(12)13;1-7(2)10-6-5-9-4-3-8;2*1-2/h6-7H,3-5,8-9H2,1-2H3,(H,27,28);3,7H,4-6H2,1-2H3;1-2H3;2H2,1H3. The first-order chi connectivity index (χ1) is 20.6. The highest BCUT2D eigenvalue weighted by molar-refractivity contribution is 5.92. The molecule has 0 atom stereocenters. The molecule has 0 saturated heterocycles. The summed E-state index contributed by atoms with van der Waals surface area (Å²) >= 11 is 0. The van der Waals surface area contributed by atoms with Gasteiger partial charge in [0, 0.05) is 17.0 Å². The Morgan fingerprint density at radius 1 is 1.14 bits per heavy atom. The molecule has 236 valence electrons. The van der Waals surface area contributed by atoms with E-state index in [4.69, 9.17) is 19.6 Å². The minimum Gasteiger partial charge on any atom is -0.450 e. The molecule has 2 aromatic heterocycles. The highest BCUT2D eigenvalue weighted by Crippen LogP contribution is 2.41. The third-order valence-electron chi connectivity index (χ3n) is 7.06. The maximum absolute atomic E-state index is 14.5. The van der Waals surface area contributed by atoms with Crippen LogP contribution in [0.3, 0.4) is 0 Å². The summed E-state index contributed by atoms with van der Waals surface area (Å²) in [6.45, 7) is 12.8. The number of rotatable bonds is 8. The molecular formula is C32H44FN3O7. The van der Waals surface area contributed by atoms with E-state index in [1.54, 1.807) is 11.5 Å². The molecule has 0 fully saturated rings. The third kappa shape index (κ3) is 8.25. The summed E-state index contributed by atoms with van der Waals surface area (Å²) in [6, 6.07) is 3.33. The van der Waals surface area contributed by atoms with Gasteiger partial charge in [-0.1, -0.05) is 13.8 Å². The smallest absolute Gasteiger partial charge is 0.450 e. The number of carbonyl (C=O) groups excluding carboxylic acids is 1. The molecule has 0 unspecified atom stereocenters. The van der Waals surface area contributed by atoms with Gasteiger partial charge >= 0.3 is 6.16 Å². The Bertz CT molecular complexity index is 1480. The maximum atomic E-state index is 14.5. The van der Waals surface area contributed by atoms with Crippen LogP contribution in [0, 0.1) is 19.7 Å². The fraction of sp³-hybridized carbons (Fsp3) is 0.500. The number of aromatic nitrogens is 2. The monoisotopic (exact) mass is 601 g/mol. The van der Waals surface area contributed by atoms with Crippen LogP contribution in [0.15, 0.2) is 16.9 Å². The van der Waals surface area contributed by atoms with Gasteiger partial charge in [-0.2, -0.15) is 0 Å². The quantitative estimate of drug-likeness (QED) is 0.160. The molecule has 43 heavy (non-hydrogen) atoms. The van der Waals surface area contributed by atoms with Crippen molar-refractivity contribution in [3.63, 3.8) is 0 Å². The first-order valence-electron chi connectivity index (χ1n) is 14.6. The molecule has 3 heterocycles. The lowest BCUT2D eigenvalue weighted by Gasteiger charge is -2.21. The summed E-state index contributed by atoms with van der Waals surface area (Å²) in [5.41, 5.74) is 11.1. The number of carbonyl (C=O) groups is 2. The number of nitrogens with zero attached hydrogens (tertiary/aromatic N) is 2. The molecule has 1 aromatic carbocycles. The van der Waals surface area contributed by atoms with Crippen molar-refractivity contribution in [2.24, 2.45) is 5.73 Å². The van der Waals surface area contributed by atoms with Gasteiger partial charge in [0.15, 0.2) is 0 Å². The zero-order chi connectivity index (χ0) is 32.3. The van der Waals surface area contributed by atoms with Crippen LogP contribution in [0.2, 0.25) is 0 Å². The first-order valence-corrected chi connectivity index (χ1v) is 14.6. The average Bonchev–Trinajstić information content (AvgIpc) is 3.36. The number of nitrogens with two attached hydrogens (primary N) is 1. The topological polar surface area (TPSA) is 143 Å².